The van der Waals surface area contributed by atoms with Crippen molar-refractivity contribution < 1.29 is 22.8 Å². The number of amides is 1. The van der Waals surface area contributed by atoms with E-state index in [9.17, 15) is 18.0 Å². The molecule has 0 aliphatic carbocycles. The van der Waals surface area contributed by atoms with E-state index in [0.717, 1.165) is 17.8 Å². The molecule has 1 amide bonds. The lowest BCUT2D eigenvalue weighted by molar-refractivity contribution is -0.140. The van der Waals surface area contributed by atoms with Gasteiger partial charge in [0.25, 0.3) is 0 Å². The molecule has 1 heterocycles. The van der Waals surface area contributed by atoms with E-state index in [1.807, 2.05) is 0 Å². The SMILES string of the molecule is N/C(CSc1ncccc1C(F)(F)F)=N/OC(=O)Nc1cccc(Cl)c1. The van der Waals surface area contributed by atoms with E-state index in [0.29, 0.717) is 10.7 Å². The molecular formula is C15H12ClF3N4O2S. The molecule has 3 N–H and O–H groups in total. The third-order valence-corrected chi connectivity index (χ3v) is 4.02. The molecule has 0 aliphatic rings. The Morgan fingerprint density at radius 2 is 2.12 bits per heavy atom. The summed E-state index contributed by atoms with van der Waals surface area (Å²) >= 11 is 6.50. The van der Waals surface area contributed by atoms with E-state index in [4.69, 9.17) is 17.3 Å². The van der Waals surface area contributed by atoms with Crippen molar-refractivity contribution in [1.29, 1.82) is 0 Å². The Hall–Kier alpha value is -2.46. The summed E-state index contributed by atoms with van der Waals surface area (Å²) in [4.78, 5) is 19.8. The Kier molecular flexibility index (Phi) is 6.70. The van der Waals surface area contributed by atoms with Crippen LogP contribution < -0.4 is 11.1 Å². The molecule has 0 saturated carbocycles. The fourth-order valence-corrected chi connectivity index (χ4v) is 2.70. The lowest BCUT2D eigenvalue weighted by Crippen LogP contribution is -2.19. The second-order valence-electron chi connectivity index (χ2n) is 4.74. The normalized spacial score (nSPS) is 11.9. The first-order chi connectivity index (χ1) is 12.3. The molecule has 6 nitrogen and oxygen atoms in total. The van der Waals surface area contributed by atoms with Crippen LogP contribution in [0.1, 0.15) is 5.56 Å². The zero-order chi connectivity index (χ0) is 19.2. The lowest BCUT2D eigenvalue weighted by Gasteiger charge is -2.10. The van der Waals surface area contributed by atoms with Gasteiger partial charge in [-0.25, -0.2) is 9.78 Å². The zero-order valence-electron chi connectivity index (χ0n) is 13.0. The summed E-state index contributed by atoms with van der Waals surface area (Å²) in [6, 6.07) is 8.42. The number of alkyl halides is 3. The van der Waals surface area contributed by atoms with Gasteiger partial charge in [0.1, 0.15) is 5.03 Å². The van der Waals surface area contributed by atoms with Gasteiger partial charge >= 0.3 is 12.3 Å². The molecule has 26 heavy (non-hydrogen) atoms. The predicted molar refractivity (Wildman–Crippen MR) is 93.1 cm³/mol. The highest BCUT2D eigenvalue weighted by Crippen LogP contribution is 2.35. The molecular weight excluding hydrogens is 393 g/mol. The van der Waals surface area contributed by atoms with E-state index < -0.39 is 17.8 Å². The average molecular weight is 405 g/mol. The maximum Gasteiger partial charge on any atom is 0.437 e. The first kappa shape index (κ1) is 19.9. The van der Waals surface area contributed by atoms with Gasteiger partial charge in [0.15, 0.2) is 5.84 Å². The van der Waals surface area contributed by atoms with Gasteiger partial charge in [-0.1, -0.05) is 34.6 Å². The first-order valence-electron chi connectivity index (χ1n) is 6.96. The number of aromatic nitrogens is 1. The second-order valence-corrected chi connectivity index (χ2v) is 6.14. The molecule has 11 heteroatoms. The predicted octanol–water partition coefficient (Wildman–Crippen LogP) is 4.37. The Morgan fingerprint density at radius 1 is 1.35 bits per heavy atom. The number of rotatable bonds is 5. The van der Waals surface area contributed by atoms with Gasteiger partial charge in [-0.15, -0.1) is 0 Å². The topological polar surface area (TPSA) is 89.6 Å². The van der Waals surface area contributed by atoms with Crippen molar-refractivity contribution in [1.82, 2.24) is 4.98 Å². The monoisotopic (exact) mass is 404 g/mol. The lowest BCUT2D eigenvalue weighted by atomic mass is 10.3. The summed E-state index contributed by atoms with van der Waals surface area (Å²) in [5.74, 6) is -0.333. The van der Waals surface area contributed by atoms with Gasteiger partial charge in [0.05, 0.1) is 11.3 Å². The van der Waals surface area contributed by atoms with Crippen LogP contribution in [0, 0.1) is 0 Å². The largest absolute Gasteiger partial charge is 0.437 e. The van der Waals surface area contributed by atoms with Crippen molar-refractivity contribution >= 4 is 41.0 Å². The molecule has 0 saturated heterocycles. The minimum Gasteiger partial charge on any atom is -0.384 e. The molecule has 0 bridgehead atoms. The molecule has 1 aromatic heterocycles. The Labute approximate surface area is 155 Å². The summed E-state index contributed by atoms with van der Waals surface area (Å²) in [5.41, 5.74) is 5.05. The smallest absolute Gasteiger partial charge is 0.384 e. The number of hydrogen-bond acceptors (Lipinski definition) is 5. The number of nitrogens with zero attached hydrogens (tertiary/aromatic N) is 2. The third kappa shape index (κ3) is 6.12. The second kappa shape index (κ2) is 8.77. The maximum atomic E-state index is 12.9. The van der Waals surface area contributed by atoms with E-state index in [2.05, 4.69) is 20.3 Å². The van der Waals surface area contributed by atoms with Crippen LogP contribution in [0.2, 0.25) is 5.02 Å². The number of halogens is 4. The number of benzene rings is 1. The summed E-state index contributed by atoms with van der Waals surface area (Å²) < 4.78 is 38.6. The summed E-state index contributed by atoms with van der Waals surface area (Å²) in [6.45, 7) is 0. The third-order valence-electron chi connectivity index (χ3n) is 2.75. The number of pyridine rings is 1. The van der Waals surface area contributed by atoms with Crippen LogP contribution in [0.25, 0.3) is 0 Å². The van der Waals surface area contributed by atoms with Crippen LogP contribution in [0.3, 0.4) is 0 Å². The molecule has 2 aromatic rings. The van der Waals surface area contributed by atoms with E-state index in [1.54, 1.807) is 18.2 Å². The van der Waals surface area contributed by atoms with E-state index in [1.165, 1.54) is 18.3 Å². The molecule has 1 aromatic carbocycles. The van der Waals surface area contributed by atoms with Crippen LogP contribution >= 0.6 is 23.4 Å². The Bertz CT molecular complexity index is 817. The molecule has 0 radical (unpaired) electrons. The number of oxime groups is 1. The van der Waals surface area contributed by atoms with Crippen LogP contribution in [-0.2, 0) is 11.0 Å². The van der Waals surface area contributed by atoms with Crippen molar-refractivity contribution in [3.63, 3.8) is 0 Å². The minimum atomic E-state index is -4.53. The number of thioether (sulfide) groups is 1. The number of hydrogen-bond donors (Lipinski definition) is 2. The van der Waals surface area contributed by atoms with Crippen molar-refractivity contribution in [3.05, 3.63) is 53.2 Å². The number of amidine groups is 1. The quantitative estimate of drug-likeness (QED) is 0.254. The van der Waals surface area contributed by atoms with Crippen LogP contribution in [0.5, 0.6) is 0 Å². The number of nitrogens with one attached hydrogen (secondary N) is 1. The molecule has 0 atom stereocenters. The maximum absolute atomic E-state index is 12.9. The number of carbonyl (C=O) groups excluding carboxylic acids is 1. The molecule has 2 rings (SSSR count). The Morgan fingerprint density at radius 3 is 2.81 bits per heavy atom. The van der Waals surface area contributed by atoms with Gasteiger partial charge in [-0.05, 0) is 30.3 Å². The molecule has 0 aliphatic heterocycles. The van der Waals surface area contributed by atoms with Gasteiger partial charge < -0.3 is 5.73 Å². The minimum absolute atomic E-state index is 0.148. The Balaban J connectivity index is 1.90. The van der Waals surface area contributed by atoms with Crippen LogP contribution in [0.15, 0.2) is 52.8 Å². The van der Waals surface area contributed by atoms with Gasteiger partial charge in [0.2, 0.25) is 0 Å². The van der Waals surface area contributed by atoms with Crippen molar-refractivity contribution in [2.75, 3.05) is 11.1 Å². The van der Waals surface area contributed by atoms with Gasteiger partial charge in [-0.2, -0.15) is 13.2 Å². The zero-order valence-corrected chi connectivity index (χ0v) is 14.5. The standard InChI is InChI=1S/C15H12ClF3N4O2S/c16-9-3-1-4-10(7-9)22-14(24)25-23-12(20)8-26-13-11(15(17,18)19)5-2-6-21-13/h1-7H,8H2,(H2,20,23)(H,22,24). The highest BCUT2D eigenvalue weighted by molar-refractivity contribution is 8.00. The summed E-state index contributed by atoms with van der Waals surface area (Å²) in [5, 5.41) is 5.90. The summed E-state index contributed by atoms with van der Waals surface area (Å²) in [6.07, 6.45) is -4.22. The van der Waals surface area contributed by atoms with Crippen molar-refractivity contribution in [2.45, 2.75) is 11.2 Å². The van der Waals surface area contributed by atoms with Gasteiger partial charge in [0, 0.05) is 16.9 Å². The number of carbonyl (C=O) groups is 1. The molecule has 0 fully saturated rings. The van der Waals surface area contributed by atoms with E-state index >= 15 is 0 Å². The van der Waals surface area contributed by atoms with Crippen LogP contribution in [0.4, 0.5) is 23.7 Å². The van der Waals surface area contributed by atoms with Crippen molar-refractivity contribution in [2.24, 2.45) is 10.9 Å². The highest BCUT2D eigenvalue weighted by Gasteiger charge is 2.34. The highest BCUT2D eigenvalue weighted by atomic mass is 35.5. The van der Waals surface area contributed by atoms with Gasteiger partial charge in [-0.3, -0.25) is 10.2 Å². The molecule has 0 spiro atoms. The van der Waals surface area contributed by atoms with Crippen LogP contribution in [-0.4, -0.2) is 22.7 Å². The molecule has 138 valence electrons. The number of nitrogens with two attached hydrogens (primary N) is 1. The summed E-state index contributed by atoms with van der Waals surface area (Å²) in [7, 11) is 0. The molecule has 0 unspecified atom stereocenters. The van der Waals surface area contributed by atoms with Crippen molar-refractivity contribution in [3.8, 4) is 0 Å². The average Bonchev–Trinajstić information content (AvgIpc) is 2.57. The first-order valence-corrected chi connectivity index (χ1v) is 8.33. The fraction of sp³-hybridized carbons (Fsp3) is 0.133. The number of anilines is 1. The van der Waals surface area contributed by atoms with E-state index in [-0.39, 0.29) is 16.6 Å². The fourth-order valence-electron chi connectivity index (χ4n) is 1.70.